The third-order valence-corrected chi connectivity index (χ3v) is 2.77. The topological polar surface area (TPSA) is 84.4 Å². The molecule has 1 aromatic heterocycles. The Labute approximate surface area is 93.6 Å². The number of nitrogens with zero attached hydrogens (tertiary/aromatic N) is 3. The normalized spacial score (nSPS) is 20.4. The lowest BCUT2D eigenvalue weighted by Gasteiger charge is -2.13. The average molecular weight is 224 g/mol. The summed E-state index contributed by atoms with van der Waals surface area (Å²) in [5.41, 5.74) is 6.41. The molecule has 0 spiro atoms. The molecule has 1 amide bonds. The van der Waals surface area contributed by atoms with E-state index in [2.05, 4.69) is 5.10 Å². The van der Waals surface area contributed by atoms with Gasteiger partial charge in [-0.05, 0) is 13.3 Å². The third kappa shape index (κ3) is 1.88. The van der Waals surface area contributed by atoms with Gasteiger partial charge in [-0.1, -0.05) is 0 Å². The van der Waals surface area contributed by atoms with Crippen LogP contribution in [0.2, 0.25) is 0 Å². The molecule has 1 fully saturated rings. The number of carbonyl (C=O) groups excluding carboxylic acids is 1. The fraction of sp³-hybridized carbons (Fsp3) is 0.600. The molecule has 0 saturated carbocycles. The number of likely N-dealkylation sites (tertiary alicyclic amines) is 1. The van der Waals surface area contributed by atoms with Crippen molar-refractivity contribution in [3.8, 4) is 0 Å². The van der Waals surface area contributed by atoms with Gasteiger partial charge in [-0.2, -0.15) is 5.10 Å². The molecular weight excluding hydrogens is 208 g/mol. The molecule has 0 radical (unpaired) electrons. The van der Waals surface area contributed by atoms with Crippen molar-refractivity contribution in [1.82, 2.24) is 14.7 Å². The van der Waals surface area contributed by atoms with E-state index in [0.717, 1.165) is 0 Å². The summed E-state index contributed by atoms with van der Waals surface area (Å²) in [5, 5.41) is 13.5. The lowest BCUT2D eigenvalue weighted by molar-refractivity contribution is 0.0759. The van der Waals surface area contributed by atoms with Crippen molar-refractivity contribution in [1.29, 1.82) is 0 Å². The largest absolute Gasteiger partial charge is 0.396 e. The van der Waals surface area contributed by atoms with Crippen LogP contribution < -0.4 is 5.73 Å². The fourth-order valence-electron chi connectivity index (χ4n) is 1.84. The number of β-amino-alcohol motifs (C(OH)–C–C–N with tert-alkyl or cyclic N) is 1. The summed E-state index contributed by atoms with van der Waals surface area (Å²) < 4.78 is 1.63. The number of nitrogen functional groups attached to an aromatic ring is 1. The summed E-state index contributed by atoms with van der Waals surface area (Å²) in [6.45, 7) is 3.55. The number of aliphatic hydroxyl groups is 1. The van der Waals surface area contributed by atoms with Gasteiger partial charge in [0.2, 0.25) is 0 Å². The maximum atomic E-state index is 12.0. The van der Waals surface area contributed by atoms with Gasteiger partial charge in [0.15, 0.2) is 5.69 Å². The predicted molar refractivity (Wildman–Crippen MR) is 58.8 cm³/mol. The van der Waals surface area contributed by atoms with Crippen molar-refractivity contribution < 1.29 is 9.90 Å². The van der Waals surface area contributed by atoms with Crippen LogP contribution in [-0.2, 0) is 6.54 Å². The van der Waals surface area contributed by atoms with E-state index in [-0.39, 0.29) is 11.6 Å². The summed E-state index contributed by atoms with van der Waals surface area (Å²) in [7, 11) is 0. The van der Waals surface area contributed by atoms with E-state index in [0.29, 0.717) is 31.7 Å². The standard InChI is InChI=1S/C10H16N4O2/c1-2-14-6-8(11)9(12-14)10(16)13-4-3-7(15)5-13/h6-7,15H,2-5,11H2,1H3/t7-/m0/s1. The first kappa shape index (κ1) is 10.9. The molecule has 1 aromatic rings. The predicted octanol–water partition coefficient (Wildman–Crippen LogP) is -0.308. The fourth-order valence-corrected chi connectivity index (χ4v) is 1.84. The van der Waals surface area contributed by atoms with E-state index in [9.17, 15) is 9.90 Å². The molecule has 1 saturated heterocycles. The molecule has 16 heavy (non-hydrogen) atoms. The Morgan fingerprint density at radius 3 is 3.00 bits per heavy atom. The van der Waals surface area contributed by atoms with Gasteiger partial charge < -0.3 is 15.7 Å². The van der Waals surface area contributed by atoms with Crippen molar-refractivity contribution in [2.24, 2.45) is 0 Å². The monoisotopic (exact) mass is 224 g/mol. The van der Waals surface area contributed by atoms with Crippen LogP contribution >= 0.6 is 0 Å². The minimum Gasteiger partial charge on any atom is -0.396 e. The van der Waals surface area contributed by atoms with Crippen LogP contribution in [0.3, 0.4) is 0 Å². The quantitative estimate of drug-likeness (QED) is 0.721. The van der Waals surface area contributed by atoms with E-state index in [4.69, 9.17) is 5.73 Å². The highest BCUT2D eigenvalue weighted by atomic mass is 16.3. The highest BCUT2D eigenvalue weighted by molar-refractivity contribution is 5.97. The maximum absolute atomic E-state index is 12.0. The van der Waals surface area contributed by atoms with Crippen molar-refractivity contribution in [3.63, 3.8) is 0 Å². The molecule has 0 aromatic carbocycles. The number of aromatic nitrogens is 2. The molecule has 0 bridgehead atoms. The van der Waals surface area contributed by atoms with Gasteiger partial charge in [-0.15, -0.1) is 0 Å². The van der Waals surface area contributed by atoms with Crippen LogP contribution in [0.15, 0.2) is 6.20 Å². The molecule has 3 N–H and O–H groups in total. The summed E-state index contributed by atoms with van der Waals surface area (Å²) in [4.78, 5) is 13.6. The minimum atomic E-state index is -0.418. The molecule has 0 aliphatic carbocycles. The van der Waals surface area contributed by atoms with Gasteiger partial charge in [0, 0.05) is 25.8 Å². The Balaban J connectivity index is 2.17. The van der Waals surface area contributed by atoms with Crippen molar-refractivity contribution >= 4 is 11.6 Å². The van der Waals surface area contributed by atoms with Crippen molar-refractivity contribution in [3.05, 3.63) is 11.9 Å². The average Bonchev–Trinajstić information content (AvgIpc) is 2.83. The first-order valence-corrected chi connectivity index (χ1v) is 5.42. The van der Waals surface area contributed by atoms with Crippen LogP contribution in [0, 0.1) is 0 Å². The zero-order valence-electron chi connectivity index (χ0n) is 9.26. The lowest BCUT2D eigenvalue weighted by atomic mass is 10.3. The number of hydrogen-bond acceptors (Lipinski definition) is 4. The number of anilines is 1. The minimum absolute atomic E-state index is 0.193. The van der Waals surface area contributed by atoms with Crippen LogP contribution in [0.4, 0.5) is 5.69 Å². The van der Waals surface area contributed by atoms with Crippen LogP contribution in [0.1, 0.15) is 23.8 Å². The Morgan fingerprint density at radius 2 is 2.50 bits per heavy atom. The molecule has 1 atom stereocenters. The third-order valence-electron chi connectivity index (χ3n) is 2.77. The van der Waals surface area contributed by atoms with Crippen LogP contribution in [-0.4, -0.2) is 44.9 Å². The number of aliphatic hydroxyl groups excluding tert-OH is 1. The number of aryl methyl sites for hydroxylation is 1. The highest BCUT2D eigenvalue weighted by Gasteiger charge is 2.28. The summed E-state index contributed by atoms with van der Waals surface area (Å²) in [5.74, 6) is -0.193. The number of hydrogen-bond donors (Lipinski definition) is 2. The second-order valence-corrected chi connectivity index (χ2v) is 3.98. The molecule has 1 aliphatic heterocycles. The smallest absolute Gasteiger partial charge is 0.276 e. The molecule has 1 aliphatic rings. The molecular formula is C10H16N4O2. The molecule has 2 rings (SSSR count). The molecule has 6 heteroatoms. The summed E-state index contributed by atoms with van der Waals surface area (Å²) >= 11 is 0. The van der Waals surface area contributed by atoms with Crippen molar-refractivity contribution in [2.45, 2.75) is 26.0 Å². The molecule has 0 unspecified atom stereocenters. The van der Waals surface area contributed by atoms with Crippen molar-refractivity contribution in [2.75, 3.05) is 18.8 Å². The van der Waals surface area contributed by atoms with Gasteiger partial charge >= 0.3 is 0 Å². The zero-order valence-corrected chi connectivity index (χ0v) is 9.26. The Kier molecular flexibility index (Phi) is 2.82. The van der Waals surface area contributed by atoms with E-state index < -0.39 is 6.10 Å². The summed E-state index contributed by atoms with van der Waals surface area (Å²) in [6.07, 6.45) is 1.86. The van der Waals surface area contributed by atoms with E-state index in [1.165, 1.54) is 0 Å². The maximum Gasteiger partial charge on any atom is 0.276 e. The van der Waals surface area contributed by atoms with Gasteiger partial charge in [0.25, 0.3) is 5.91 Å². The van der Waals surface area contributed by atoms with E-state index in [1.807, 2.05) is 6.92 Å². The first-order valence-electron chi connectivity index (χ1n) is 5.42. The second kappa shape index (κ2) is 4.13. The zero-order chi connectivity index (χ0) is 11.7. The highest BCUT2D eigenvalue weighted by Crippen LogP contribution is 2.16. The number of nitrogens with two attached hydrogens (primary N) is 1. The van der Waals surface area contributed by atoms with Gasteiger partial charge in [0.05, 0.1) is 11.8 Å². The number of rotatable bonds is 2. The number of carbonyl (C=O) groups is 1. The SMILES string of the molecule is CCn1cc(N)c(C(=O)N2CC[C@H](O)C2)n1. The van der Waals surface area contributed by atoms with Crippen LogP contribution in [0.25, 0.3) is 0 Å². The molecule has 6 nitrogen and oxygen atoms in total. The lowest BCUT2D eigenvalue weighted by Crippen LogP contribution is -2.30. The van der Waals surface area contributed by atoms with Crippen LogP contribution in [0.5, 0.6) is 0 Å². The molecule has 2 heterocycles. The Morgan fingerprint density at radius 1 is 1.75 bits per heavy atom. The van der Waals surface area contributed by atoms with Gasteiger partial charge in [-0.25, -0.2) is 0 Å². The van der Waals surface area contributed by atoms with E-state index >= 15 is 0 Å². The number of amides is 1. The van der Waals surface area contributed by atoms with Gasteiger partial charge in [-0.3, -0.25) is 9.48 Å². The Bertz CT molecular complexity index is 402. The Hall–Kier alpha value is -1.56. The first-order chi connectivity index (χ1) is 7.61. The summed E-state index contributed by atoms with van der Waals surface area (Å²) in [6, 6.07) is 0. The van der Waals surface area contributed by atoms with E-state index in [1.54, 1.807) is 15.8 Å². The molecule has 88 valence electrons. The van der Waals surface area contributed by atoms with Gasteiger partial charge in [0.1, 0.15) is 0 Å². The second-order valence-electron chi connectivity index (χ2n) is 3.98.